The van der Waals surface area contributed by atoms with Crippen LogP contribution >= 0.6 is 0 Å². The summed E-state index contributed by atoms with van der Waals surface area (Å²) in [5.41, 5.74) is 0. The number of ether oxygens (including phenoxy) is 2. The van der Waals surface area contributed by atoms with E-state index >= 15 is 0 Å². The SMILES string of the molecule is OCCCCCCCCOc1ccc(OCCCCCCCCO)cc1. The van der Waals surface area contributed by atoms with Gasteiger partial charge in [-0.25, -0.2) is 0 Å². The van der Waals surface area contributed by atoms with Gasteiger partial charge in [0, 0.05) is 13.2 Å². The van der Waals surface area contributed by atoms with E-state index in [0.29, 0.717) is 13.2 Å². The molecule has 0 fully saturated rings. The van der Waals surface area contributed by atoms with Crippen LogP contribution in [0.15, 0.2) is 24.3 Å². The molecule has 4 nitrogen and oxygen atoms in total. The van der Waals surface area contributed by atoms with Crippen molar-refractivity contribution in [1.29, 1.82) is 0 Å². The molecule has 26 heavy (non-hydrogen) atoms. The van der Waals surface area contributed by atoms with Crippen molar-refractivity contribution in [2.24, 2.45) is 0 Å². The second-order valence-corrected chi connectivity index (χ2v) is 6.86. The van der Waals surface area contributed by atoms with Crippen LogP contribution in [0.2, 0.25) is 0 Å². The summed E-state index contributed by atoms with van der Waals surface area (Å²) < 4.78 is 11.5. The Morgan fingerprint density at radius 3 is 1.12 bits per heavy atom. The third-order valence-electron chi connectivity index (χ3n) is 4.47. The van der Waals surface area contributed by atoms with Gasteiger partial charge in [-0.1, -0.05) is 51.4 Å². The lowest BCUT2D eigenvalue weighted by atomic mass is 10.1. The fourth-order valence-electron chi connectivity index (χ4n) is 2.85. The molecule has 1 aromatic rings. The van der Waals surface area contributed by atoms with Gasteiger partial charge in [-0.05, 0) is 49.9 Å². The van der Waals surface area contributed by atoms with E-state index in [2.05, 4.69) is 0 Å². The van der Waals surface area contributed by atoms with Gasteiger partial charge in [0.15, 0.2) is 0 Å². The molecule has 2 N–H and O–H groups in total. The predicted molar refractivity (Wildman–Crippen MR) is 107 cm³/mol. The lowest BCUT2D eigenvalue weighted by Gasteiger charge is -2.09. The van der Waals surface area contributed by atoms with Crippen LogP contribution in [0.4, 0.5) is 0 Å². The molecule has 4 heteroatoms. The predicted octanol–water partition coefficient (Wildman–Crippen LogP) is 5.11. The molecule has 0 spiro atoms. The van der Waals surface area contributed by atoms with Crippen molar-refractivity contribution in [3.05, 3.63) is 24.3 Å². The maximum Gasteiger partial charge on any atom is 0.119 e. The molecule has 0 heterocycles. The first-order chi connectivity index (χ1) is 12.9. The van der Waals surface area contributed by atoms with Crippen LogP contribution in [0.25, 0.3) is 0 Å². The number of hydrogen-bond acceptors (Lipinski definition) is 4. The molecule has 0 radical (unpaired) electrons. The van der Waals surface area contributed by atoms with Gasteiger partial charge in [-0.3, -0.25) is 0 Å². The van der Waals surface area contributed by atoms with Crippen molar-refractivity contribution in [1.82, 2.24) is 0 Å². The van der Waals surface area contributed by atoms with Gasteiger partial charge in [0.2, 0.25) is 0 Å². The molecule has 0 atom stereocenters. The molecule has 0 aliphatic heterocycles. The van der Waals surface area contributed by atoms with Gasteiger partial charge >= 0.3 is 0 Å². The maximum absolute atomic E-state index is 8.72. The number of hydrogen-bond donors (Lipinski definition) is 2. The summed E-state index contributed by atoms with van der Waals surface area (Å²) in [6, 6.07) is 7.91. The maximum atomic E-state index is 8.72. The minimum atomic E-state index is 0.314. The molecule has 0 saturated carbocycles. The molecule has 150 valence electrons. The van der Waals surface area contributed by atoms with Crippen molar-refractivity contribution in [2.45, 2.75) is 77.0 Å². The average molecular weight is 367 g/mol. The van der Waals surface area contributed by atoms with E-state index in [4.69, 9.17) is 19.7 Å². The third kappa shape index (κ3) is 13.0. The second-order valence-electron chi connectivity index (χ2n) is 6.86. The summed E-state index contributed by atoms with van der Waals surface area (Å²) in [6.07, 6.45) is 13.5. The highest BCUT2D eigenvalue weighted by molar-refractivity contribution is 5.31. The van der Waals surface area contributed by atoms with Crippen LogP contribution < -0.4 is 9.47 Å². The summed E-state index contributed by atoms with van der Waals surface area (Å²) in [6.45, 7) is 2.15. The largest absolute Gasteiger partial charge is 0.494 e. The zero-order chi connectivity index (χ0) is 18.7. The van der Waals surface area contributed by atoms with Crippen LogP contribution in [0.1, 0.15) is 77.0 Å². The van der Waals surface area contributed by atoms with E-state index in [0.717, 1.165) is 63.2 Å². The van der Waals surface area contributed by atoms with Crippen molar-refractivity contribution >= 4 is 0 Å². The van der Waals surface area contributed by atoms with Crippen LogP contribution in [0, 0.1) is 0 Å². The Hall–Kier alpha value is -1.26. The Labute approximate surface area is 159 Å². The molecule has 0 bridgehead atoms. The molecular weight excluding hydrogens is 328 g/mol. The molecule has 0 aliphatic carbocycles. The molecular formula is C22H38O4. The summed E-state index contributed by atoms with van der Waals surface area (Å²) in [4.78, 5) is 0. The molecule has 0 unspecified atom stereocenters. The third-order valence-corrected chi connectivity index (χ3v) is 4.47. The minimum Gasteiger partial charge on any atom is -0.494 e. The van der Waals surface area contributed by atoms with Crippen LogP contribution in [0.3, 0.4) is 0 Å². The summed E-state index contributed by atoms with van der Waals surface area (Å²) in [5, 5.41) is 17.4. The second kappa shape index (κ2) is 17.2. The van der Waals surface area contributed by atoms with Gasteiger partial charge in [0.25, 0.3) is 0 Å². The summed E-state index contributed by atoms with van der Waals surface area (Å²) >= 11 is 0. The fourth-order valence-corrected chi connectivity index (χ4v) is 2.85. The van der Waals surface area contributed by atoms with Crippen LogP contribution in [-0.4, -0.2) is 36.6 Å². The highest BCUT2D eigenvalue weighted by Crippen LogP contribution is 2.18. The van der Waals surface area contributed by atoms with E-state index in [1.807, 2.05) is 24.3 Å². The highest BCUT2D eigenvalue weighted by Gasteiger charge is 1.98. The number of aliphatic hydroxyl groups excluding tert-OH is 2. The fraction of sp³-hybridized carbons (Fsp3) is 0.727. The van der Waals surface area contributed by atoms with Crippen molar-refractivity contribution in [3.8, 4) is 11.5 Å². The molecule has 1 rings (SSSR count). The smallest absolute Gasteiger partial charge is 0.119 e. The van der Waals surface area contributed by atoms with Gasteiger partial charge in [0.1, 0.15) is 11.5 Å². The summed E-state index contributed by atoms with van der Waals surface area (Å²) in [5.74, 6) is 1.81. The van der Waals surface area contributed by atoms with E-state index in [1.54, 1.807) is 0 Å². The van der Waals surface area contributed by atoms with Crippen LogP contribution in [0.5, 0.6) is 11.5 Å². The molecule has 0 aromatic heterocycles. The normalized spacial score (nSPS) is 10.8. The van der Waals surface area contributed by atoms with Crippen molar-refractivity contribution < 1.29 is 19.7 Å². The Kier molecular flexibility index (Phi) is 15.0. The molecule has 0 saturated heterocycles. The monoisotopic (exact) mass is 366 g/mol. The van der Waals surface area contributed by atoms with E-state index < -0.39 is 0 Å². The number of unbranched alkanes of at least 4 members (excludes halogenated alkanes) is 10. The van der Waals surface area contributed by atoms with Crippen molar-refractivity contribution in [2.75, 3.05) is 26.4 Å². The number of aliphatic hydroxyl groups is 2. The van der Waals surface area contributed by atoms with Crippen molar-refractivity contribution in [3.63, 3.8) is 0 Å². The zero-order valence-electron chi connectivity index (χ0n) is 16.3. The average Bonchev–Trinajstić information content (AvgIpc) is 2.67. The Balaban J connectivity index is 1.98. The Morgan fingerprint density at radius 1 is 0.462 bits per heavy atom. The zero-order valence-corrected chi connectivity index (χ0v) is 16.3. The summed E-state index contributed by atoms with van der Waals surface area (Å²) in [7, 11) is 0. The number of benzene rings is 1. The lowest BCUT2D eigenvalue weighted by Crippen LogP contribution is -1.99. The molecule has 0 aliphatic rings. The van der Waals surface area contributed by atoms with Gasteiger partial charge in [-0.15, -0.1) is 0 Å². The molecule has 1 aromatic carbocycles. The van der Waals surface area contributed by atoms with E-state index in [-0.39, 0.29) is 0 Å². The van der Waals surface area contributed by atoms with E-state index in [1.165, 1.54) is 38.5 Å². The molecule has 0 amide bonds. The van der Waals surface area contributed by atoms with Gasteiger partial charge in [-0.2, -0.15) is 0 Å². The van der Waals surface area contributed by atoms with Crippen LogP contribution in [-0.2, 0) is 0 Å². The first-order valence-electron chi connectivity index (χ1n) is 10.4. The lowest BCUT2D eigenvalue weighted by molar-refractivity contribution is 0.279. The number of rotatable bonds is 18. The highest BCUT2D eigenvalue weighted by atomic mass is 16.5. The topological polar surface area (TPSA) is 58.9 Å². The van der Waals surface area contributed by atoms with Gasteiger partial charge < -0.3 is 19.7 Å². The quantitative estimate of drug-likeness (QED) is 0.354. The van der Waals surface area contributed by atoms with Gasteiger partial charge in [0.05, 0.1) is 13.2 Å². The minimum absolute atomic E-state index is 0.314. The Bertz CT molecular complexity index is 366. The Morgan fingerprint density at radius 2 is 0.769 bits per heavy atom. The first kappa shape index (κ1) is 22.8. The van der Waals surface area contributed by atoms with E-state index in [9.17, 15) is 0 Å². The standard InChI is InChI=1S/C22H38O4/c23-17-9-5-1-3-7-11-19-25-21-13-15-22(16-14-21)26-20-12-8-4-2-6-10-18-24/h13-16,23-24H,1-12,17-20H2. The first-order valence-corrected chi connectivity index (χ1v) is 10.4.